The fourth-order valence-electron chi connectivity index (χ4n) is 3.59. The van der Waals surface area contributed by atoms with E-state index in [0.29, 0.717) is 0 Å². The fraction of sp³-hybridized carbons (Fsp3) is 0.750. The third-order valence-corrected chi connectivity index (χ3v) is 6.43. The normalized spacial score (nSPS) is 24.2. The van der Waals surface area contributed by atoms with Crippen molar-refractivity contribution in [1.82, 2.24) is 9.88 Å². The second-order valence-electron chi connectivity index (χ2n) is 6.99. The van der Waals surface area contributed by atoms with Crippen LogP contribution < -0.4 is 5.73 Å². The molecule has 5 heteroatoms. The maximum absolute atomic E-state index is 12.7. The summed E-state index contributed by atoms with van der Waals surface area (Å²) in [6.07, 6.45) is 7.81. The number of nitrogens with zero attached hydrogens (tertiary/aromatic N) is 2. The fourth-order valence-corrected chi connectivity index (χ4v) is 4.55. The summed E-state index contributed by atoms with van der Waals surface area (Å²) in [5.41, 5.74) is 5.85. The highest BCUT2D eigenvalue weighted by molar-refractivity contribution is 7.11. The highest BCUT2D eigenvalue weighted by atomic mass is 32.1. The van der Waals surface area contributed by atoms with Crippen LogP contribution >= 0.6 is 11.3 Å². The van der Waals surface area contributed by atoms with E-state index in [1.807, 2.05) is 11.1 Å². The summed E-state index contributed by atoms with van der Waals surface area (Å²) >= 11 is 1.79. The lowest BCUT2D eigenvalue weighted by molar-refractivity contribution is -0.138. The van der Waals surface area contributed by atoms with Crippen LogP contribution in [0.25, 0.3) is 0 Å². The average Bonchev–Trinajstić information content (AvgIpc) is 3.09. The Hall–Kier alpha value is -0.940. The van der Waals surface area contributed by atoms with Gasteiger partial charge in [-0.3, -0.25) is 4.79 Å². The summed E-state index contributed by atoms with van der Waals surface area (Å²) in [6, 6.07) is 0. The van der Waals surface area contributed by atoms with Gasteiger partial charge >= 0.3 is 0 Å². The van der Waals surface area contributed by atoms with Gasteiger partial charge in [0.15, 0.2) is 0 Å². The van der Waals surface area contributed by atoms with Crippen molar-refractivity contribution in [2.75, 3.05) is 13.1 Å². The van der Waals surface area contributed by atoms with Crippen LogP contribution in [0, 0.1) is 6.92 Å². The van der Waals surface area contributed by atoms with Gasteiger partial charge in [0, 0.05) is 29.6 Å². The van der Waals surface area contributed by atoms with E-state index < -0.39 is 5.54 Å². The first-order valence-corrected chi connectivity index (χ1v) is 8.76. The molecular weight excluding hydrogens is 282 g/mol. The van der Waals surface area contributed by atoms with Gasteiger partial charge in [-0.05, 0) is 32.6 Å². The molecule has 116 valence electrons. The largest absolute Gasteiger partial charge is 0.341 e. The third-order valence-electron chi connectivity index (χ3n) is 5.21. The topological polar surface area (TPSA) is 59.2 Å². The zero-order valence-corrected chi connectivity index (χ0v) is 13.8. The highest BCUT2D eigenvalue weighted by Crippen LogP contribution is 2.38. The van der Waals surface area contributed by atoms with Crippen molar-refractivity contribution in [3.05, 3.63) is 16.1 Å². The van der Waals surface area contributed by atoms with Crippen LogP contribution in [0.15, 0.2) is 6.20 Å². The van der Waals surface area contributed by atoms with Crippen LogP contribution in [-0.2, 0) is 10.2 Å². The van der Waals surface area contributed by atoms with Crippen LogP contribution in [0.5, 0.6) is 0 Å². The van der Waals surface area contributed by atoms with Gasteiger partial charge in [-0.25, -0.2) is 4.98 Å². The molecule has 0 aromatic carbocycles. The number of piperidine rings is 1. The Kier molecular flexibility index (Phi) is 3.82. The summed E-state index contributed by atoms with van der Waals surface area (Å²) in [7, 11) is 0. The van der Waals surface area contributed by atoms with Gasteiger partial charge in [0.05, 0.1) is 10.5 Å². The zero-order chi connectivity index (χ0) is 15.1. The lowest BCUT2D eigenvalue weighted by Gasteiger charge is -2.41. The highest BCUT2D eigenvalue weighted by Gasteiger charge is 2.43. The molecule has 1 aliphatic heterocycles. The van der Waals surface area contributed by atoms with Gasteiger partial charge in [-0.1, -0.05) is 19.8 Å². The van der Waals surface area contributed by atoms with Crippen LogP contribution in [-0.4, -0.2) is 34.4 Å². The molecule has 0 bridgehead atoms. The molecular formula is C16H25N3OS. The quantitative estimate of drug-likeness (QED) is 0.913. The SMILES string of the molecule is Cc1cnc(C2(C)CCN(C(=O)C3(N)CCCC3)CC2)s1. The van der Waals surface area contributed by atoms with Crippen molar-refractivity contribution in [2.45, 2.75) is 63.3 Å². The zero-order valence-electron chi connectivity index (χ0n) is 13.0. The summed E-state index contributed by atoms with van der Waals surface area (Å²) in [5, 5.41) is 1.22. The number of thiazole rings is 1. The minimum absolute atomic E-state index is 0.118. The molecule has 21 heavy (non-hydrogen) atoms. The first kappa shape index (κ1) is 15.0. The molecule has 1 saturated carbocycles. The lowest BCUT2D eigenvalue weighted by atomic mass is 9.80. The Morgan fingerprint density at radius 2 is 1.90 bits per heavy atom. The van der Waals surface area contributed by atoms with Gasteiger partial charge < -0.3 is 10.6 Å². The molecule has 1 aromatic rings. The van der Waals surface area contributed by atoms with Gasteiger partial charge in [-0.15, -0.1) is 11.3 Å². The van der Waals surface area contributed by atoms with E-state index in [2.05, 4.69) is 18.8 Å². The smallest absolute Gasteiger partial charge is 0.242 e. The van der Waals surface area contributed by atoms with Gasteiger partial charge in [-0.2, -0.15) is 0 Å². The van der Waals surface area contributed by atoms with Crippen LogP contribution in [0.3, 0.4) is 0 Å². The Balaban J connectivity index is 1.66. The van der Waals surface area contributed by atoms with E-state index in [-0.39, 0.29) is 11.3 Å². The Morgan fingerprint density at radius 1 is 1.29 bits per heavy atom. The van der Waals surface area contributed by atoms with Crippen molar-refractivity contribution in [3.63, 3.8) is 0 Å². The number of likely N-dealkylation sites (tertiary alicyclic amines) is 1. The van der Waals surface area contributed by atoms with Crippen molar-refractivity contribution in [2.24, 2.45) is 5.73 Å². The summed E-state index contributed by atoms with van der Waals surface area (Å²) in [6.45, 7) is 6.00. The molecule has 2 fully saturated rings. The number of aryl methyl sites for hydroxylation is 1. The van der Waals surface area contributed by atoms with Crippen molar-refractivity contribution in [1.29, 1.82) is 0 Å². The van der Waals surface area contributed by atoms with E-state index >= 15 is 0 Å². The first-order valence-electron chi connectivity index (χ1n) is 7.94. The molecule has 1 aromatic heterocycles. The van der Waals surface area contributed by atoms with Gasteiger partial charge in [0.2, 0.25) is 5.91 Å². The molecule has 3 rings (SSSR count). The molecule has 1 aliphatic carbocycles. The number of amides is 1. The van der Waals surface area contributed by atoms with Crippen LogP contribution in [0.1, 0.15) is 55.3 Å². The molecule has 1 saturated heterocycles. The average molecular weight is 307 g/mol. The van der Waals surface area contributed by atoms with Crippen LogP contribution in [0.4, 0.5) is 0 Å². The van der Waals surface area contributed by atoms with E-state index in [1.54, 1.807) is 11.3 Å². The number of nitrogens with two attached hydrogens (primary N) is 1. The predicted molar refractivity (Wildman–Crippen MR) is 85.4 cm³/mol. The van der Waals surface area contributed by atoms with Crippen molar-refractivity contribution in [3.8, 4) is 0 Å². The van der Waals surface area contributed by atoms with E-state index in [1.165, 1.54) is 9.88 Å². The Bertz CT molecular complexity index is 525. The molecule has 0 spiro atoms. The number of carbonyl (C=O) groups excluding carboxylic acids is 1. The monoisotopic (exact) mass is 307 g/mol. The minimum atomic E-state index is -0.578. The Labute approximate surface area is 130 Å². The van der Waals surface area contributed by atoms with Crippen LogP contribution in [0.2, 0.25) is 0 Å². The third kappa shape index (κ3) is 2.73. The minimum Gasteiger partial charge on any atom is -0.341 e. The number of hydrogen-bond donors (Lipinski definition) is 1. The summed E-state index contributed by atoms with van der Waals surface area (Å²) in [4.78, 5) is 20.5. The molecule has 2 aliphatic rings. The maximum atomic E-state index is 12.7. The molecule has 0 unspecified atom stereocenters. The summed E-state index contributed by atoms with van der Waals surface area (Å²) < 4.78 is 0. The molecule has 4 nitrogen and oxygen atoms in total. The van der Waals surface area contributed by atoms with Crippen molar-refractivity contribution < 1.29 is 4.79 Å². The second-order valence-corrected chi connectivity index (χ2v) is 8.23. The van der Waals surface area contributed by atoms with E-state index in [4.69, 9.17) is 5.73 Å². The molecule has 0 atom stereocenters. The van der Waals surface area contributed by atoms with E-state index in [9.17, 15) is 4.79 Å². The number of aromatic nitrogens is 1. The second kappa shape index (κ2) is 5.36. The lowest BCUT2D eigenvalue weighted by Crippen LogP contribution is -2.56. The standard InChI is InChI=1S/C16H25N3OS/c1-12-11-18-13(21-12)15(2)7-9-19(10-8-15)14(20)16(17)5-3-4-6-16/h11H,3-10,17H2,1-2H3. The van der Waals surface area contributed by atoms with Gasteiger partial charge in [0.1, 0.15) is 0 Å². The molecule has 0 radical (unpaired) electrons. The van der Waals surface area contributed by atoms with Gasteiger partial charge in [0.25, 0.3) is 0 Å². The number of carbonyl (C=O) groups is 1. The predicted octanol–water partition coefficient (Wildman–Crippen LogP) is 2.60. The number of rotatable bonds is 2. The molecule has 1 amide bonds. The Morgan fingerprint density at radius 3 is 2.43 bits per heavy atom. The maximum Gasteiger partial charge on any atom is 0.242 e. The summed E-state index contributed by atoms with van der Waals surface area (Å²) in [5.74, 6) is 0.178. The first-order chi connectivity index (χ1) is 9.93. The molecule has 2 N–H and O–H groups in total. The number of hydrogen-bond acceptors (Lipinski definition) is 4. The van der Waals surface area contributed by atoms with Crippen molar-refractivity contribution >= 4 is 17.2 Å². The molecule has 2 heterocycles. The van der Waals surface area contributed by atoms with E-state index in [0.717, 1.165) is 51.6 Å².